The third kappa shape index (κ3) is 3.15. The van der Waals surface area contributed by atoms with Crippen molar-refractivity contribution in [3.8, 4) is 5.75 Å². The lowest BCUT2D eigenvalue weighted by Crippen LogP contribution is -2.13. The average molecular weight is 311 g/mol. The number of carbonyl (C=O) groups excluding carboxylic acids is 1. The van der Waals surface area contributed by atoms with Gasteiger partial charge in [0.15, 0.2) is 0 Å². The average Bonchev–Trinajstić information content (AvgIpc) is 2.43. The maximum atomic E-state index is 12.2. The zero-order chi connectivity index (χ0) is 14.7. The molecule has 20 heavy (non-hydrogen) atoms. The van der Waals surface area contributed by atoms with Crippen molar-refractivity contribution in [1.29, 1.82) is 0 Å². The van der Waals surface area contributed by atoms with Crippen molar-refractivity contribution in [3.05, 3.63) is 52.0 Å². The monoisotopic (exact) mass is 310 g/mol. The number of ether oxygens (including phenoxy) is 1. The standard InChI is InChI=1S/C14H12Cl2N2O2/c1-20-10-4-2-3-9(7-10)18-14(19)11-5-8(17)6-12(15)13(11)16/h2-7H,17H2,1H3,(H,18,19). The van der Waals surface area contributed by atoms with Gasteiger partial charge in [-0.3, -0.25) is 4.79 Å². The Hall–Kier alpha value is -1.91. The van der Waals surface area contributed by atoms with Gasteiger partial charge in [0.25, 0.3) is 5.91 Å². The van der Waals surface area contributed by atoms with E-state index < -0.39 is 5.91 Å². The molecule has 0 bridgehead atoms. The van der Waals surface area contributed by atoms with Gasteiger partial charge in [-0.05, 0) is 24.3 Å². The topological polar surface area (TPSA) is 64.3 Å². The summed E-state index contributed by atoms with van der Waals surface area (Å²) >= 11 is 11.9. The fourth-order valence-corrected chi connectivity index (χ4v) is 2.10. The molecule has 6 heteroatoms. The minimum absolute atomic E-state index is 0.168. The van der Waals surface area contributed by atoms with E-state index in [4.69, 9.17) is 33.7 Å². The molecule has 2 rings (SSSR count). The minimum Gasteiger partial charge on any atom is -0.497 e. The van der Waals surface area contributed by atoms with Crippen LogP contribution in [-0.2, 0) is 0 Å². The van der Waals surface area contributed by atoms with Crippen molar-refractivity contribution in [1.82, 2.24) is 0 Å². The number of nitrogens with one attached hydrogen (secondary N) is 1. The molecule has 4 nitrogen and oxygen atoms in total. The van der Waals surface area contributed by atoms with Crippen LogP contribution in [0.2, 0.25) is 10.0 Å². The van der Waals surface area contributed by atoms with Gasteiger partial charge in [0.05, 0.1) is 22.7 Å². The highest BCUT2D eigenvalue weighted by Crippen LogP contribution is 2.29. The predicted molar refractivity (Wildman–Crippen MR) is 81.8 cm³/mol. The Morgan fingerprint density at radius 2 is 2.00 bits per heavy atom. The quantitative estimate of drug-likeness (QED) is 0.847. The van der Waals surface area contributed by atoms with Crippen LogP contribution in [0.5, 0.6) is 5.75 Å². The number of benzene rings is 2. The summed E-state index contributed by atoms with van der Waals surface area (Å²) < 4.78 is 5.09. The number of hydrogen-bond acceptors (Lipinski definition) is 3. The zero-order valence-electron chi connectivity index (χ0n) is 10.6. The Bertz CT molecular complexity index is 660. The highest BCUT2D eigenvalue weighted by atomic mass is 35.5. The van der Waals surface area contributed by atoms with Crippen LogP contribution in [0.1, 0.15) is 10.4 Å². The number of carbonyl (C=O) groups is 1. The minimum atomic E-state index is -0.391. The van der Waals surface area contributed by atoms with Gasteiger partial charge >= 0.3 is 0 Å². The molecule has 2 aromatic rings. The van der Waals surface area contributed by atoms with Crippen LogP contribution in [0.15, 0.2) is 36.4 Å². The van der Waals surface area contributed by atoms with E-state index in [1.807, 2.05) is 0 Å². The summed E-state index contributed by atoms with van der Waals surface area (Å²) in [6.45, 7) is 0. The summed E-state index contributed by atoms with van der Waals surface area (Å²) in [4.78, 5) is 12.2. The SMILES string of the molecule is COc1cccc(NC(=O)c2cc(N)cc(Cl)c2Cl)c1. The Morgan fingerprint density at radius 3 is 2.70 bits per heavy atom. The molecule has 0 aliphatic rings. The zero-order valence-corrected chi connectivity index (χ0v) is 12.1. The maximum Gasteiger partial charge on any atom is 0.257 e. The fraction of sp³-hybridized carbons (Fsp3) is 0.0714. The summed E-state index contributed by atoms with van der Waals surface area (Å²) in [5.74, 6) is 0.247. The van der Waals surface area contributed by atoms with E-state index in [1.165, 1.54) is 12.1 Å². The lowest BCUT2D eigenvalue weighted by Gasteiger charge is -2.09. The Labute approximate surface area is 126 Å². The Morgan fingerprint density at radius 1 is 1.25 bits per heavy atom. The van der Waals surface area contributed by atoms with Crippen molar-refractivity contribution in [2.45, 2.75) is 0 Å². The first-order chi connectivity index (χ1) is 9.51. The van der Waals surface area contributed by atoms with Crippen LogP contribution in [0.25, 0.3) is 0 Å². The molecular formula is C14H12Cl2N2O2. The molecule has 0 aromatic heterocycles. The van der Waals surface area contributed by atoms with Gasteiger partial charge in [-0.1, -0.05) is 29.3 Å². The number of hydrogen-bond donors (Lipinski definition) is 2. The number of nitrogens with two attached hydrogens (primary N) is 1. The summed E-state index contributed by atoms with van der Waals surface area (Å²) in [7, 11) is 1.55. The molecule has 0 fully saturated rings. The molecule has 2 aromatic carbocycles. The Balaban J connectivity index is 2.28. The maximum absolute atomic E-state index is 12.2. The van der Waals surface area contributed by atoms with E-state index in [0.29, 0.717) is 17.1 Å². The molecular weight excluding hydrogens is 299 g/mol. The molecule has 0 radical (unpaired) electrons. The van der Waals surface area contributed by atoms with Gasteiger partial charge < -0.3 is 15.8 Å². The van der Waals surface area contributed by atoms with Crippen LogP contribution in [-0.4, -0.2) is 13.0 Å². The number of amides is 1. The number of methoxy groups -OCH3 is 1. The van der Waals surface area contributed by atoms with Crippen LogP contribution in [0.3, 0.4) is 0 Å². The van der Waals surface area contributed by atoms with E-state index in [1.54, 1.807) is 31.4 Å². The van der Waals surface area contributed by atoms with Crippen molar-refractivity contribution in [3.63, 3.8) is 0 Å². The third-order valence-corrected chi connectivity index (χ3v) is 3.42. The van der Waals surface area contributed by atoms with Crippen LogP contribution in [0, 0.1) is 0 Å². The largest absolute Gasteiger partial charge is 0.497 e. The van der Waals surface area contributed by atoms with E-state index >= 15 is 0 Å². The number of anilines is 2. The second-order valence-corrected chi connectivity index (χ2v) is 4.84. The second kappa shape index (κ2) is 6.03. The molecule has 0 saturated carbocycles. The summed E-state index contributed by atoms with van der Waals surface area (Å²) in [5, 5.41) is 3.12. The summed E-state index contributed by atoms with van der Waals surface area (Å²) in [5.41, 5.74) is 6.84. The van der Waals surface area contributed by atoms with Gasteiger partial charge in [-0.2, -0.15) is 0 Å². The summed E-state index contributed by atoms with van der Waals surface area (Å²) in [6.07, 6.45) is 0. The molecule has 0 atom stereocenters. The van der Waals surface area contributed by atoms with E-state index in [0.717, 1.165) is 0 Å². The lowest BCUT2D eigenvalue weighted by molar-refractivity contribution is 0.102. The van der Waals surface area contributed by atoms with Gasteiger partial charge in [0, 0.05) is 17.4 Å². The number of nitrogen functional groups attached to an aromatic ring is 1. The molecule has 0 unspecified atom stereocenters. The van der Waals surface area contributed by atoms with E-state index in [-0.39, 0.29) is 15.6 Å². The van der Waals surface area contributed by atoms with Crippen LogP contribution in [0.4, 0.5) is 11.4 Å². The normalized spacial score (nSPS) is 10.2. The molecule has 0 spiro atoms. The third-order valence-electron chi connectivity index (χ3n) is 2.62. The first-order valence-corrected chi connectivity index (χ1v) is 6.47. The second-order valence-electron chi connectivity index (χ2n) is 4.05. The van der Waals surface area contributed by atoms with Crippen LogP contribution >= 0.6 is 23.2 Å². The number of halogens is 2. The van der Waals surface area contributed by atoms with E-state index in [2.05, 4.69) is 5.32 Å². The van der Waals surface area contributed by atoms with Crippen molar-refractivity contribution in [2.75, 3.05) is 18.2 Å². The smallest absolute Gasteiger partial charge is 0.257 e. The van der Waals surface area contributed by atoms with Crippen molar-refractivity contribution >= 4 is 40.5 Å². The van der Waals surface area contributed by atoms with E-state index in [9.17, 15) is 4.79 Å². The van der Waals surface area contributed by atoms with Gasteiger partial charge in [-0.25, -0.2) is 0 Å². The molecule has 1 amide bonds. The fourth-order valence-electron chi connectivity index (χ4n) is 1.67. The highest BCUT2D eigenvalue weighted by Gasteiger charge is 2.14. The molecule has 0 aliphatic heterocycles. The number of rotatable bonds is 3. The van der Waals surface area contributed by atoms with Crippen molar-refractivity contribution < 1.29 is 9.53 Å². The summed E-state index contributed by atoms with van der Waals surface area (Å²) in [6, 6.07) is 9.94. The molecule has 0 aliphatic carbocycles. The first kappa shape index (κ1) is 14.5. The van der Waals surface area contributed by atoms with Gasteiger partial charge in [0.1, 0.15) is 5.75 Å². The predicted octanol–water partition coefficient (Wildman–Crippen LogP) is 3.84. The Kier molecular flexibility index (Phi) is 4.37. The first-order valence-electron chi connectivity index (χ1n) is 5.71. The van der Waals surface area contributed by atoms with Crippen LogP contribution < -0.4 is 15.8 Å². The molecule has 0 saturated heterocycles. The molecule has 0 heterocycles. The van der Waals surface area contributed by atoms with Gasteiger partial charge in [-0.15, -0.1) is 0 Å². The molecule has 3 N–H and O–H groups in total. The van der Waals surface area contributed by atoms with Gasteiger partial charge in [0.2, 0.25) is 0 Å². The highest BCUT2D eigenvalue weighted by molar-refractivity contribution is 6.44. The lowest BCUT2D eigenvalue weighted by atomic mass is 10.2. The molecule has 104 valence electrons. The van der Waals surface area contributed by atoms with Crippen molar-refractivity contribution in [2.24, 2.45) is 0 Å².